The molecule has 1 rings (SSSR count). The predicted molar refractivity (Wildman–Crippen MR) is 39.5 cm³/mol. The summed E-state index contributed by atoms with van der Waals surface area (Å²) in [6.45, 7) is 3.92. The number of aromatic nitrogens is 1. The second-order valence-electron chi connectivity index (χ2n) is 2.12. The Balaban J connectivity index is 2.85. The molecule has 0 aliphatic carbocycles. The highest BCUT2D eigenvalue weighted by Crippen LogP contribution is 2.14. The number of hydrogen-bond donors (Lipinski definition) is 1. The zero-order valence-electron chi connectivity index (χ0n) is 5.59. The summed E-state index contributed by atoms with van der Waals surface area (Å²) in [5.41, 5.74) is 6.64. The number of nitrogens with two attached hydrogens (primary N) is 1. The number of nitrogens with zero attached hydrogens (tertiary/aromatic N) is 1. The average Bonchev–Trinajstić information content (AvgIpc) is 2.14. The van der Waals surface area contributed by atoms with Crippen molar-refractivity contribution in [2.24, 2.45) is 5.73 Å². The van der Waals surface area contributed by atoms with Gasteiger partial charge in [-0.2, -0.15) is 0 Å². The van der Waals surface area contributed by atoms with Crippen molar-refractivity contribution in [1.82, 2.24) is 4.98 Å². The van der Waals surface area contributed by atoms with E-state index < -0.39 is 0 Å². The van der Waals surface area contributed by atoms with Crippen LogP contribution in [0.15, 0.2) is 5.38 Å². The van der Waals surface area contributed by atoms with Crippen LogP contribution in [0.2, 0.25) is 0 Å². The first-order valence-corrected chi connectivity index (χ1v) is 3.75. The van der Waals surface area contributed by atoms with Gasteiger partial charge >= 0.3 is 0 Å². The molecule has 0 aromatic carbocycles. The Labute approximate surface area is 58.7 Å². The Morgan fingerprint density at radius 2 is 2.44 bits per heavy atom. The molecule has 2 nitrogen and oxygen atoms in total. The first-order valence-electron chi connectivity index (χ1n) is 2.88. The van der Waals surface area contributed by atoms with Crippen LogP contribution in [-0.2, 0) is 0 Å². The van der Waals surface area contributed by atoms with Gasteiger partial charge in [-0.15, -0.1) is 11.3 Å². The van der Waals surface area contributed by atoms with Crippen molar-refractivity contribution in [3.05, 3.63) is 16.1 Å². The van der Waals surface area contributed by atoms with Gasteiger partial charge in [0.25, 0.3) is 0 Å². The molecule has 1 aromatic heterocycles. The van der Waals surface area contributed by atoms with E-state index in [1.54, 1.807) is 11.3 Å². The normalized spacial score (nSPS) is 13.7. The summed E-state index contributed by atoms with van der Waals surface area (Å²) in [6, 6.07) is 0.0868. The molecule has 0 radical (unpaired) electrons. The Bertz CT molecular complexity index is 193. The summed E-state index contributed by atoms with van der Waals surface area (Å²) in [7, 11) is 0. The minimum absolute atomic E-state index is 0.0868. The van der Waals surface area contributed by atoms with Gasteiger partial charge in [-0.3, -0.25) is 0 Å². The third-order valence-corrected chi connectivity index (χ3v) is 2.19. The highest BCUT2D eigenvalue weighted by Gasteiger charge is 2.01. The Kier molecular flexibility index (Phi) is 1.83. The maximum Gasteiger partial charge on any atom is 0.109 e. The average molecular weight is 142 g/mol. The van der Waals surface area contributed by atoms with Gasteiger partial charge in [0, 0.05) is 11.1 Å². The van der Waals surface area contributed by atoms with E-state index in [1.165, 1.54) is 0 Å². The van der Waals surface area contributed by atoms with Crippen molar-refractivity contribution in [3.8, 4) is 0 Å². The van der Waals surface area contributed by atoms with Gasteiger partial charge in [0.2, 0.25) is 0 Å². The Morgan fingerprint density at radius 3 is 2.67 bits per heavy atom. The van der Waals surface area contributed by atoms with Gasteiger partial charge in [-0.1, -0.05) is 0 Å². The molecule has 50 valence electrons. The van der Waals surface area contributed by atoms with Crippen molar-refractivity contribution in [2.45, 2.75) is 19.9 Å². The maximum atomic E-state index is 5.57. The van der Waals surface area contributed by atoms with Gasteiger partial charge in [0.1, 0.15) is 5.01 Å². The van der Waals surface area contributed by atoms with E-state index in [-0.39, 0.29) is 6.04 Å². The summed E-state index contributed by atoms with van der Waals surface area (Å²) in [5.74, 6) is 0. The van der Waals surface area contributed by atoms with Crippen LogP contribution in [-0.4, -0.2) is 4.98 Å². The molecule has 0 spiro atoms. The highest BCUT2D eigenvalue weighted by atomic mass is 32.1. The third-order valence-electron chi connectivity index (χ3n) is 1.03. The molecule has 0 saturated heterocycles. The molecular weight excluding hydrogens is 132 g/mol. The second kappa shape index (κ2) is 2.45. The molecule has 3 heteroatoms. The van der Waals surface area contributed by atoms with Crippen LogP contribution in [0, 0.1) is 6.92 Å². The van der Waals surface area contributed by atoms with Crippen LogP contribution in [0.4, 0.5) is 0 Å². The molecule has 0 unspecified atom stereocenters. The zero-order valence-corrected chi connectivity index (χ0v) is 6.40. The van der Waals surface area contributed by atoms with Crippen LogP contribution in [0.3, 0.4) is 0 Å². The lowest BCUT2D eigenvalue weighted by Gasteiger charge is -1.95. The van der Waals surface area contributed by atoms with Crippen molar-refractivity contribution in [3.63, 3.8) is 0 Å². The largest absolute Gasteiger partial charge is 0.322 e. The van der Waals surface area contributed by atoms with Crippen LogP contribution in [0.1, 0.15) is 23.7 Å². The first-order chi connectivity index (χ1) is 4.20. The van der Waals surface area contributed by atoms with Crippen LogP contribution in [0.5, 0.6) is 0 Å². The van der Waals surface area contributed by atoms with Gasteiger partial charge in [0.15, 0.2) is 0 Å². The molecular formula is C6H10N2S. The summed E-state index contributed by atoms with van der Waals surface area (Å²) < 4.78 is 0. The lowest BCUT2D eigenvalue weighted by molar-refractivity contribution is 0.803. The molecule has 0 bridgehead atoms. The molecule has 0 saturated carbocycles. The molecule has 0 amide bonds. The smallest absolute Gasteiger partial charge is 0.109 e. The van der Waals surface area contributed by atoms with Gasteiger partial charge in [0.05, 0.1) is 6.04 Å². The van der Waals surface area contributed by atoms with E-state index in [0.29, 0.717) is 0 Å². The van der Waals surface area contributed by atoms with Crippen molar-refractivity contribution in [1.29, 1.82) is 0 Å². The fourth-order valence-corrected chi connectivity index (χ4v) is 1.34. The Morgan fingerprint density at radius 1 is 1.78 bits per heavy atom. The summed E-state index contributed by atoms with van der Waals surface area (Å²) in [4.78, 5) is 4.20. The van der Waals surface area contributed by atoms with Crippen molar-refractivity contribution < 1.29 is 0 Å². The summed E-state index contributed by atoms with van der Waals surface area (Å²) in [5, 5.41) is 3.03. The minimum atomic E-state index is 0.0868. The zero-order chi connectivity index (χ0) is 6.85. The van der Waals surface area contributed by atoms with E-state index in [4.69, 9.17) is 5.73 Å². The fourth-order valence-electron chi connectivity index (χ4n) is 0.581. The number of rotatable bonds is 1. The lowest BCUT2D eigenvalue weighted by atomic mass is 10.4. The third kappa shape index (κ3) is 1.50. The van der Waals surface area contributed by atoms with Gasteiger partial charge < -0.3 is 5.73 Å². The van der Waals surface area contributed by atoms with Crippen LogP contribution in [0.25, 0.3) is 0 Å². The minimum Gasteiger partial charge on any atom is -0.322 e. The monoisotopic (exact) mass is 142 g/mol. The SMILES string of the molecule is Cc1csc([C@@H](C)N)n1. The van der Waals surface area contributed by atoms with Crippen LogP contribution < -0.4 is 5.73 Å². The standard InChI is InChI=1S/C6H10N2S/c1-4-3-9-6(8-4)5(2)7/h3,5H,7H2,1-2H3/t5-/m1/s1. The van der Waals surface area contributed by atoms with E-state index in [2.05, 4.69) is 4.98 Å². The van der Waals surface area contributed by atoms with Crippen LogP contribution >= 0.6 is 11.3 Å². The molecule has 0 fully saturated rings. The lowest BCUT2D eigenvalue weighted by Crippen LogP contribution is -2.03. The van der Waals surface area contributed by atoms with Crippen molar-refractivity contribution >= 4 is 11.3 Å². The van der Waals surface area contributed by atoms with Gasteiger partial charge in [-0.25, -0.2) is 4.98 Å². The highest BCUT2D eigenvalue weighted by molar-refractivity contribution is 7.09. The van der Waals surface area contributed by atoms with E-state index >= 15 is 0 Å². The van der Waals surface area contributed by atoms with E-state index in [1.807, 2.05) is 19.2 Å². The number of aryl methyl sites for hydroxylation is 1. The fraction of sp³-hybridized carbons (Fsp3) is 0.500. The second-order valence-corrected chi connectivity index (χ2v) is 3.01. The number of thiazole rings is 1. The molecule has 2 N–H and O–H groups in total. The predicted octanol–water partition coefficient (Wildman–Crippen LogP) is 1.47. The Hall–Kier alpha value is -0.410. The van der Waals surface area contributed by atoms with E-state index in [0.717, 1.165) is 10.7 Å². The molecule has 9 heavy (non-hydrogen) atoms. The number of hydrogen-bond acceptors (Lipinski definition) is 3. The summed E-state index contributed by atoms with van der Waals surface area (Å²) >= 11 is 1.62. The maximum absolute atomic E-state index is 5.57. The van der Waals surface area contributed by atoms with Crippen molar-refractivity contribution in [2.75, 3.05) is 0 Å². The topological polar surface area (TPSA) is 38.9 Å². The molecule has 1 heterocycles. The quantitative estimate of drug-likeness (QED) is 0.645. The first kappa shape index (κ1) is 6.71. The molecule has 0 aliphatic rings. The molecule has 1 aromatic rings. The molecule has 1 atom stereocenters. The van der Waals surface area contributed by atoms with E-state index in [9.17, 15) is 0 Å². The molecule has 0 aliphatic heterocycles. The summed E-state index contributed by atoms with van der Waals surface area (Å²) in [6.07, 6.45) is 0. The van der Waals surface area contributed by atoms with Gasteiger partial charge in [-0.05, 0) is 13.8 Å².